The van der Waals surface area contributed by atoms with Crippen LogP contribution in [0.5, 0.6) is 0 Å². The van der Waals surface area contributed by atoms with Gasteiger partial charge >= 0.3 is 5.97 Å². The minimum atomic E-state index is -0.909. The zero-order valence-electron chi connectivity index (χ0n) is 12.7. The van der Waals surface area contributed by atoms with E-state index in [2.05, 4.69) is 6.58 Å². The first-order chi connectivity index (χ1) is 11.1. The van der Waals surface area contributed by atoms with E-state index < -0.39 is 11.6 Å². The van der Waals surface area contributed by atoms with Gasteiger partial charge in [0.25, 0.3) is 0 Å². The summed E-state index contributed by atoms with van der Waals surface area (Å²) < 4.78 is 10.3. The Morgan fingerprint density at radius 1 is 1.13 bits per heavy atom. The molecule has 1 saturated heterocycles. The third-order valence-electron chi connectivity index (χ3n) is 3.91. The van der Waals surface area contributed by atoms with E-state index in [1.54, 1.807) is 24.3 Å². The van der Waals surface area contributed by atoms with Crippen LogP contribution in [0.3, 0.4) is 0 Å². The maximum absolute atomic E-state index is 12.1. The summed E-state index contributed by atoms with van der Waals surface area (Å²) in [6.45, 7) is 4.61. The van der Waals surface area contributed by atoms with Crippen molar-refractivity contribution >= 4 is 11.5 Å². The molecular weight excluding hydrogens is 292 g/mol. The largest absolute Gasteiger partial charge is 0.457 e. The Kier molecular flexibility index (Phi) is 4.28. The maximum atomic E-state index is 12.1. The van der Waals surface area contributed by atoms with Gasteiger partial charge in [-0.25, -0.2) is 4.79 Å². The topological polar surface area (TPSA) is 55.8 Å². The van der Waals surface area contributed by atoms with Crippen molar-refractivity contribution in [2.24, 2.45) is 0 Å². The number of ether oxygens (including phenoxy) is 2. The second kappa shape index (κ2) is 6.36. The van der Waals surface area contributed by atoms with Crippen molar-refractivity contribution in [3.63, 3.8) is 0 Å². The van der Waals surface area contributed by atoms with Gasteiger partial charge in [0.15, 0.2) is 0 Å². The van der Waals surface area contributed by atoms with Gasteiger partial charge in [0.05, 0.1) is 18.8 Å². The number of carbonyl (C=O) groups is 1. The Morgan fingerprint density at radius 3 is 2.35 bits per heavy atom. The van der Waals surface area contributed by atoms with Gasteiger partial charge in [-0.3, -0.25) is 0 Å². The van der Waals surface area contributed by atoms with E-state index in [1.165, 1.54) is 0 Å². The molecule has 0 aliphatic carbocycles. The lowest BCUT2D eigenvalue weighted by Crippen LogP contribution is -2.46. The Hall–Kier alpha value is -2.43. The minimum absolute atomic E-state index is 0.216. The molecule has 0 radical (unpaired) electrons. The number of hydrogen-bond acceptors (Lipinski definition) is 4. The molecule has 0 saturated carbocycles. The molecule has 4 nitrogen and oxygen atoms in total. The fraction of sp³-hybridized carbons (Fsp3) is 0.211. The average Bonchev–Trinajstić information content (AvgIpc) is 2.58. The summed E-state index contributed by atoms with van der Waals surface area (Å²) in [6.07, 6.45) is 0. The molecule has 1 heterocycles. The number of hydrogen-bond donors (Lipinski definition) is 1. The van der Waals surface area contributed by atoms with Gasteiger partial charge < -0.3 is 14.6 Å². The van der Waals surface area contributed by atoms with Crippen LogP contribution in [0.4, 0.5) is 0 Å². The second-order valence-electron chi connectivity index (χ2n) is 5.64. The van der Waals surface area contributed by atoms with Gasteiger partial charge in [0, 0.05) is 0 Å². The quantitative estimate of drug-likeness (QED) is 0.681. The van der Waals surface area contributed by atoms with Crippen LogP contribution in [0.25, 0.3) is 5.57 Å². The molecule has 118 valence electrons. The summed E-state index contributed by atoms with van der Waals surface area (Å²) in [5.41, 5.74) is 1.77. The van der Waals surface area contributed by atoms with Gasteiger partial charge in [-0.05, 0) is 16.7 Å². The Balaban J connectivity index is 1.62. The summed E-state index contributed by atoms with van der Waals surface area (Å²) >= 11 is 0. The third-order valence-corrected chi connectivity index (χ3v) is 3.91. The lowest BCUT2D eigenvalue weighted by atomic mass is 9.91. The van der Waals surface area contributed by atoms with E-state index >= 15 is 0 Å². The summed E-state index contributed by atoms with van der Waals surface area (Å²) in [4.78, 5) is 12.1. The predicted octanol–water partition coefficient (Wildman–Crippen LogP) is 2.66. The molecule has 1 aliphatic rings. The molecule has 0 atom stereocenters. The van der Waals surface area contributed by atoms with E-state index in [9.17, 15) is 9.90 Å². The van der Waals surface area contributed by atoms with Gasteiger partial charge in [-0.1, -0.05) is 61.2 Å². The lowest BCUT2D eigenvalue weighted by molar-refractivity contribution is -0.184. The second-order valence-corrected chi connectivity index (χ2v) is 5.64. The summed E-state index contributed by atoms with van der Waals surface area (Å²) in [5, 5.41) is 10.2. The molecule has 2 aromatic carbocycles. The van der Waals surface area contributed by atoms with Crippen molar-refractivity contribution in [3.05, 3.63) is 77.9 Å². The van der Waals surface area contributed by atoms with Crippen molar-refractivity contribution in [3.8, 4) is 0 Å². The van der Waals surface area contributed by atoms with Gasteiger partial charge in [0.1, 0.15) is 12.2 Å². The number of carbonyl (C=O) groups excluding carboxylic acids is 1. The van der Waals surface area contributed by atoms with Crippen LogP contribution in [-0.4, -0.2) is 24.3 Å². The minimum Gasteiger partial charge on any atom is -0.457 e. The molecule has 23 heavy (non-hydrogen) atoms. The van der Waals surface area contributed by atoms with E-state index in [-0.39, 0.29) is 6.61 Å². The fourth-order valence-corrected chi connectivity index (χ4v) is 2.37. The van der Waals surface area contributed by atoms with Crippen LogP contribution in [-0.2, 0) is 26.5 Å². The number of rotatable bonds is 5. The summed E-state index contributed by atoms with van der Waals surface area (Å²) in [7, 11) is 0. The maximum Gasteiger partial charge on any atom is 0.338 e. The van der Waals surface area contributed by atoms with Crippen LogP contribution < -0.4 is 0 Å². The Labute approximate surface area is 135 Å². The van der Waals surface area contributed by atoms with Crippen molar-refractivity contribution in [2.45, 2.75) is 12.2 Å². The van der Waals surface area contributed by atoms with Gasteiger partial charge in [0.2, 0.25) is 0 Å². The molecule has 0 unspecified atom stereocenters. The zero-order chi connectivity index (χ0) is 16.3. The Morgan fingerprint density at radius 2 is 1.78 bits per heavy atom. The molecular formula is C19H18O4. The van der Waals surface area contributed by atoms with Gasteiger partial charge in [-0.15, -0.1) is 0 Å². The lowest BCUT2D eigenvalue weighted by Gasteiger charge is -2.36. The smallest absolute Gasteiger partial charge is 0.338 e. The van der Waals surface area contributed by atoms with Crippen LogP contribution in [0, 0.1) is 0 Å². The molecule has 1 aliphatic heterocycles. The molecule has 1 fully saturated rings. The van der Waals surface area contributed by atoms with Crippen LogP contribution in [0.15, 0.2) is 61.2 Å². The number of esters is 1. The van der Waals surface area contributed by atoms with Crippen molar-refractivity contribution < 1.29 is 19.4 Å². The van der Waals surface area contributed by atoms with Crippen LogP contribution in [0.2, 0.25) is 0 Å². The van der Waals surface area contributed by atoms with E-state index in [4.69, 9.17) is 9.47 Å². The standard InChI is InChI=1S/C19H18O4/c1-14(18(20)23-11-15-5-3-2-4-6-15)16-7-9-17(10-8-16)19(21)12-22-13-19/h2-10,21H,1,11-13H2. The highest BCUT2D eigenvalue weighted by Gasteiger charge is 2.37. The molecule has 0 bridgehead atoms. The number of aliphatic hydroxyl groups is 1. The van der Waals surface area contributed by atoms with Crippen molar-refractivity contribution in [2.75, 3.05) is 13.2 Å². The zero-order valence-corrected chi connectivity index (χ0v) is 12.7. The van der Waals surface area contributed by atoms with E-state index in [0.29, 0.717) is 24.4 Å². The molecule has 4 heteroatoms. The molecule has 2 aromatic rings. The van der Waals surface area contributed by atoms with Crippen LogP contribution in [0.1, 0.15) is 16.7 Å². The van der Waals surface area contributed by atoms with Crippen molar-refractivity contribution in [1.82, 2.24) is 0 Å². The predicted molar refractivity (Wildman–Crippen MR) is 86.4 cm³/mol. The molecule has 0 aromatic heterocycles. The molecule has 1 N–H and O–H groups in total. The average molecular weight is 310 g/mol. The van der Waals surface area contributed by atoms with E-state index in [1.807, 2.05) is 30.3 Å². The monoisotopic (exact) mass is 310 g/mol. The van der Waals surface area contributed by atoms with Crippen molar-refractivity contribution in [1.29, 1.82) is 0 Å². The normalized spacial score (nSPS) is 15.5. The highest BCUT2D eigenvalue weighted by Crippen LogP contribution is 2.30. The van der Waals surface area contributed by atoms with Gasteiger partial charge in [-0.2, -0.15) is 0 Å². The van der Waals surface area contributed by atoms with Crippen LogP contribution >= 0.6 is 0 Å². The molecule has 0 amide bonds. The molecule has 3 rings (SSSR count). The van der Waals surface area contributed by atoms with E-state index in [0.717, 1.165) is 11.1 Å². The first-order valence-electron chi connectivity index (χ1n) is 7.39. The fourth-order valence-electron chi connectivity index (χ4n) is 2.37. The summed E-state index contributed by atoms with van der Waals surface area (Å²) in [5.74, 6) is -0.452. The molecule has 0 spiro atoms. The number of benzene rings is 2. The third kappa shape index (κ3) is 3.33. The first kappa shape index (κ1) is 15.5. The highest BCUT2D eigenvalue weighted by atomic mass is 16.5. The summed E-state index contributed by atoms with van der Waals surface area (Å²) in [6, 6.07) is 16.6. The SMILES string of the molecule is C=C(C(=O)OCc1ccccc1)c1ccc(C2(O)COC2)cc1. The highest BCUT2D eigenvalue weighted by molar-refractivity contribution is 6.15. The first-order valence-corrected chi connectivity index (χ1v) is 7.39. The Bertz CT molecular complexity index is 700.